The molecule has 0 radical (unpaired) electrons. The Labute approximate surface area is 208 Å². The van der Waals surface area contributed by atoms with Crippen LogP contribution in [0.4, 0.5) is 0 Å². The number of methoxy groups -OCH3 is 2. The lowest BCUT2D eigenvalue weighted by atomic mass is 9.91. The van der Waals surface area contributed by atoms with E-state index in [1.807, 2.05) is 25.1 Å². The van der Waals surface area contributed by atoms with Crippen molar-refractivity contribution in [2.24, 2.45) is 0 Å². The van der Waals surface area contributed by atoms with E-state index in [1.165, 1.54) is 14.2 Å². The van der Waals surface area contributed by atoms with Gasteiger partial charge in [-0.15, -0.1) is 10.2 Å². The molecule has 35 heavy (non-hydrogen) atoms. The van der Waals surface area contributed by atoms with Crippen LogP contribution in [0.25, 0.3) is 5.57 Å². The molecule has 0 saturated heterocycles. The summed E-state index contributed by atoms with van der Waals surface area (Å²) in [7, 11) is 2.99. The maximum atomic E-state index is 12.7. The van der Waals surface area contributed by atoms with Crippen molar-refractivity contribution in [3.05, 3.63) is 75.5 Å². The molecule has 2 aromatic carbocycles. The van der Waals surface area contributed by atoms with Gasteiger partial charge in [0.2, 0.25) is 16.9 Å². The number of carboxylic acid groups (broad SMARTS) is 1. The molecule has 0 amide bonds. The number of aromatic carboxylic acids is 1. The molecule has 0 atom stereocenters. The van der Waals surface area contributed by atoms with Crippen molar-refractivity contribution < 1.29 is 28.6 Å². The van der Waals surface area contributed by atoms with Crippen LogP contribution < -0.4 is 9.47 Å². The zero-order valence-corrected chi connectivity index (χ0v) is 21.4. The molecule has 0 aliphatic carbocycles. The van der Waals surface area contributed by atoms with Crippen LogP contribution in [-0.2, 0) is 6.42 Å². The first kappa shape index (κ1) is 26.0. The maximum Gasteiger partial charge on any atom is 0.339 e. The zero-order chi connectivity index (χ0) is 25.7. The van der Waals surface area contributed by atoms with Crippen molar-refractivity contribution >= 4 is 28.4 Å². The van der Waals surface area contributed by atoms with E-state index in [4.69, 9.17) is 13.9 Å². The van der Waals surface area contributed by atoms with Crippen molar-refractivity contribution in [2.45, 2.75) is 33.6 Å². The van der Waals surface area contributed by atoms with Crippen LogP contribution in [-0.4, -0.2) is 46.9 Å². The maximum absolute atomic E-state index is 12.7. The largest absolute Gasteiger partial charge is 0.496 e. The molecule has 3 aromatic rings. The molecule has 0 saturated carbocycles. The van der Waals surface area contributed by atoms with Crippen LogP contribution in [0.3, 0.4) is 0 Å². The van der Waals surface area contributed by atoms with Crippen molar-refractivity contribution in [1.29, 1.82) is 0 Å². The van der Waals surface area contributed by atoms with Gasteiger partial charge in [0.1, 0.15) is 17.1 Å². The minimum Gasteiger partial charge on any atom is -0.496 e. The first-order valence-electron chi connectivity index (χ1n) is 10.9. The summed E-state index contributed by atoms with van der Waals surface area (Å²) in [6.07, 6.45) is 4.78. The van der Waals surface area contributed by atoms with E-state index in [0.717, 1.165) is 28.5 Å². The van der Waals surface area contributed by atoms with Gasteiger partial charge in [0.15, 0.2) is 0 Å². The first-order valence-corrected chi connectivity index (χ1v) is 12.1. The smallest absolute Gasteiger partial charge is 0.339 e. The number of carboxylic acids is 1. The van der Waals surface area contributed by atoms with E-state index in [-0.39, 0.29) is 10.7 Å². The summed E-state index contributed by atoms with van der Waals surface area (Å²) in [4.78, 5) is 24.7. The van der Waals surface area contributed by atoms with Crippen LogP contribution in [0, 0.1) is 20.8 Å². The van der Waals surface area contributed by atoms with E-state index in [9.17, 15) is 14.7 Å². The molecule has 0 aliphatic heterocycles. The van der Waals surface area contributed by atoms with E-state index in [1.54, 1.807) is 32.2 Å². The van der Waals surface area contributed by atoms with Crippen LogP contribution in [0.2, 0.25) is 0 Å². The van der Waals surface area contributed by atoms with E-state index < -0.39 is 5.97 Å². The van der Waals surface area contributed by atoms with E-state index in [0.29, 0.717) is 52.8 Å². The number of aryl methyl sites for hydroxylation is 4. The molecule has 9 heteroatoms. The zero-order valence-electron chi connectivity index (χ0n) is 20.6. The number of carbonyl (C=O) groups excluding carboxylic acids is 1. The van der Waals surface area contributed by atoms with Gasteiger partial charge < -0.3 is 19.0 Å². The molecular formula is C26H28N2O6S. The number of ether oxygens (including phenoxy) is 2. The van der Waals surface area contributed by atoms with Gasteiger partial charge in [-0.1, -0.05) is 17.8 Å². The molecule has 0 fully saturated rings. The Bertz CT molecular complexity index is 1300. The highest BCUT2D eigenvalue weighted by molar-refractivity contribution is 8.13. The Morgan fingerprint density at radius 1 is 0.971 bits per heavy atom. The van der Waals surface area contributed by atoms with Crippen molar-refractivity contribution in [2.75, 3.05) is 20.5 Å². The van der Waals surface area contributed by atoms with Crippen LogP contribution in [0.1, 0.15) is 61.2 Å². The van der Waals surface area contributed by atoms with Gasteiger partial charge in [-0.25, -0.2) is 4.79 Å². The minimum atomic E-state index is -1.09. The van der Waals surface area contributed by atoms with Gasteiger partial charge in [-0.05, 0) is 78.6 Å². The lowest BCUT2D eigenvalue weighted by Crippen LogP contribution is -2.05. The van der Waals surface area contributed by atoms with Gasteiger partial charge in [0.05, 0.1) is 19.8 Å². The molecule has 0 bridgehead atoms. The van der Waals surface area contributed by atoms with Crippen molar-refractivity contribution in [3.63, 3.8) is 0 Å². The second-order valence-corrected chi connectivity index (χ2v) is 8.69. The predicted molar refractivity (Wildman–Crippen MR) is 135 cm³/mol. The average Bonchev–Trinajstić information content (AvgIpc) is 3.25. The normalized spacial score (nSPS) is 11.4. The van der Waals surface area contributed by atoms with Gasteiger partial charge >= 0.3 is 5.97 Å². The number of allylic oxidation sites excluding steroid dienone is 1. The van der Waals surface area contributed by atoms with Gasteiger partial charge in [-0.3, -0.25) is 4.79 Å². The summed E-state index contributed by atoms with van der Waals surface area (Å²) in [6.45, 7) is 5.41. The summed E-state index contributed by atoms with van der Waals surface area (Å²) in [6, 6.07) is 7.18. The quantitative estimate of drug-likeness (QED) is 0.423. The predicted octanol–water partition coefficient (Wildman–Crippen LogP) is 5.28. The molecule has 3 rings (SSSR count). The standard InChI is InChI=1S/C26H28N2O6S/c1-14-10-17(12-20(25(29)30)23(14)32-4)19(8-7-9-22-28-27-16(3)34-22)18-11-15(2)24(33-5)21(13-18)26(31)35-6/h8,10-13H,7,9H2,1-6H3,(H,29,30)/b19-8-. The molecule has 1 aromatic heterocycles. The third-order valence-electron chi connectivity index (χ3n) is 5.49. The molecule has 1 N–H and O–H groups in total. The molecule has 8 nitrogen and oxygen atoms in total. The highest BCUT2D eigenvalue weighted by atomic mass is 32.2. The molecular weight excluding hydrogens is 468 g/mol. The highest BCUT2D eigenvalue weighted by Gasteiger charge is 2.20. The number of aromatic nitrogens is 2. The van der Waals surface area contributed by atoms with E-state index in [2.05, 4.69) is 10.2 Å². The van der Waals surface area contributed by atoms with Gasteiger partial charge in [0.25, 0.3) is 0 Å². The number of benzene rings is 2. The third kappa shape index (κ3) is 5.74. The average molecular weight is 497 g/mol. The number of hydrogen-bond acceptors (Lipinski definition) is 8. The van der Waals surface area contributed by atoms with Crippen LogP contribution in [0.5, 0.6) is 11.5 Å². The molecule has 0 spiro atoms. The summed E-state index contributed by atoms with van der Waals surface area (Å²) in [5, 5.41) is 17.6. The monoisotopic (exact) mass is 496 g/mol. The number of thioether (sulfide) groups is 1. The Morgan fingerprint density at radius 3 is 2.03 bits per heavy atom. The fraction of sp³-hybridized carbons (Fsp3) is 0.308. The second kappa shape index (κ2) is 11.2. The Morgan fingerprint density at radius 2 is 1.54 bits per heavy atom. The molecule has 0 unspecified atom stereocenters. The molecule has 1 heterocycles. The lowest BCUT2D eigenvalue weighted by molar-refractivity contribution is 0.0693. The van der Waals surface area contributed by atoms with Crippen LogP contribution >= 0.6 is 11.8 Å². The second-order valence-electron chi connectivity index (χ2n) is 7.92. The molecule has 0 aliphatic rings. The summed E-state index contributed by atoms with van der Waals surface area (Å²) >= 11 is 1.10. The number of nitrogens with zero attached hydrogens (tertiary/aromatic N) is 2. The fourth-order valence-corrected chi connectivity index (χ4v) is 4.37. The third-order valence-corrected chi connectivity index (χ3v) is 6.08. The highest BCUT2D eigenvalue weighted by Crippen LogP contribution is 2.36. The number of rotatable bonds is 9. The SMILES string of the molecule is COc1c(C)cc(/C(=C/CCc2nnc(C)o2)c2cc(C)c(OC)c(C(=O)SC)c2)cc1C(=O)O. The summed E-state index contributed by atoms with van der Waals surface area (Å²) in [5.41, 5.74) is 4.23. The lowest BCUT2D eigenvalue weighted by Gasteiger charge is -2.17. The Balaban J connectivity index is 2.20. The number of hydrogen-bond donors (Lipinski definition) is 1. The fourth-order valence-electron chi connectivity index (χ4n) is 4.00. The van der Waals surface area contributed by atoms with Crippen molar-refractivity contribution in [1.82, 2.24) is 10.2 Å². The summed E-state index contributed by atoms with van der Waals surface area (Å²) < 4.78 is 16.3. The first-order chi connectivity index (χ1) is 16.7. The van der Waals surface area contributed by atoms with E-state index >= 15 is 0 Å². The van der Waals surface area contributed by atoms with Gasteiger partial charge in [0, 0.05) is 13.3 Å². The summed E-state index contributed by atoms with van der Waals surface area (Å²) in [5.74, 6) is 0.750. The Kier molecular flexibility index (Phi) is 8.34. The Hall–Kier alpha value is -3.59. The topological polar surface area (TPSA) is 112 Å². The number of carbonyl (C=O) groups is 2. The van der Waals surface area contributed by atoms with Crippen LogP contribution in [0.15, 0.2) is 34.8 Å². The van der Waals surface area contributed by atoms with Gasteiger partial charge in [-0.2, -0.15) is 0 Å². The minimum absolute atomic E-state index is 0.0616. The molecule has 184 valence electrons. The van der Waals surface area contributed by atoms with Crippen molar-refractivity contribution in [3.8, 4) is 11.5 Å².